The molecule has 4 aromatic rings. The third-order valence-corrected chi connectivity index (χ3v) is 4.77. The van der Waals surface area contributed by atoms with Crippen molar-refractivity contribution in [1.82, 2.24) is 4.57 Å². The van der Waals surface area contributed by atoms with E-state index in [4.69, 9.17) is 9.15 Å². The molecule has 0 bridgehead atoms. The molecule has 2 heterocycles. The highest BCUT2D eigenvalue weighted by Crippen LogP contribution is 2.32. The van der Waals surface area contributed by atoms with E-state index in [0.29, 0.717) is 10.9 Å². The molecule has 8 nitrogen and oxygen atoms in total. The number of para-hydroxylation sites is 1. The summed E-state index contributed by atoms with van der Waals surface area (Å²) in [7, 11) is 1.27. The smallest absolute Gasteiger partial charge is 0.340 e. The van der Waals surface area contributed by atoms with Crippen molar-refractivity contribution in [1.29, 1.82) is 0 Å². The summed E-state index contributed by atoms with van der Waals surface area (Å²) in [6.45, 7) is 1.75. The number of fused-ring (bicyclic) bond motifs is 1. The second-order valence-electron chi connectivity index (χ2n) is 6.67. The zero-order valence-electron chi connectivity index (χ0n) is 16.1. The van der Waals surface area contributed by atoms with E-state index in [2.05, 4.69) is 0 Å². The maximum absolute atomic E-state index is 13.1. The second kappa shape index (κ2) is 7.32. The van der Waals surface area contributed by atoms with Crippen molar-refractivity contribution in [2.24, 2.45) is 0 Å². The molecule has 0 fully saturated rings. The van der Waals surface area contributed by atoms with Gasteiger partial charge in [-0.25, -0.2) is 4.79 Å². The van der Waals surface area contributed by atoms with Crippen LogP contribution in [0.5, 0.6) is 0 Å². The fourth-order valence-electron chi connectivity index (χ4n) is 3.34. The quantitative estimate of drug-likeness (QED) is 0.280. The molecule has 0 aliphatic rings. The molecule has 0 N–H and O–H groups in total. The number of carbonyl (C=O) groups is 2. The van der Waals surface area contributed by atoms with Gasteiger partial charge in [-0.2, -0.15) is 0 Å². The summed E-state index contributed by atoms with van der Waals surface area (Å²) in [5, 5.41) is 12.0. The Bertz CT molecular complexity index is 1310. The van der Waals surface area contributed by atoms with Gasteiger partial charge in [0, 0.05) is 17.6 Å². The number of nitrogens with zero attached hydrogens (tertiary/aromatic N) is 2. The molecule has 30 heavy (non-hydrogen) atoms. The molecule has 0 amide bonds. The molecule has 8 heteroatoms. The van der Waals surface area contributed by atoms with Crippen LogP contribution in [0.4, 0.5) is 5.69 Å². The van der Waals surface area contributed by atoms with Crippen molar-refractivity contribution in [3.63, 3.8) is 0 Å². The Hall–Kier alpha value is -4.20. The number of nitro groups is 1. The van der Waals surface area contributed by atoms with Crippen LogP contribution >= 0.6 is 0 Å². The number of benzene rings is 2. The Kier molecular flexibility index (Phi) is 4.67. The average molecular weight is 404 g/mol. The first-order chi connectivity index (χ1) is 14.4. The van der Waals surface area contributed by atoms with Gasteiger partial charge in [0.15, 0.2) is 5.76 Å². The van der Waals surface area contributed by atoms with E-state index in [0.717, 1.165) is 5.56 Å². The third kappa shape index (κ3) is 3.14. The van der Waals surface area contributed by atoms with Crippen molar-refractivity contribution in [2.45, 2.75) is 6.92 Å². The molecular formula is C22H16N2O6. The summed E-state index contributed by atoms with van der Waals surface area (Å²) in [6.07, 6.45) is 1.40. The summed E-state index contributed by atoms with van der Waals surface area (Å²) in [5.74, 6) is -0.887. The molecule has 2 aromatic heterocycles. The van der Waals surface area contributed by atoms with Gasteiger partial charge < -0.3 is 9.15 Å². The number of furan rings is 1. The van der Waals surface area contributed by atoms with Crippen molar-refractivity contribution in [3.05, 3.63) is 87.8 Å². The number of hydrogen-bond acceptors (Lipinski definition) is 6. The minimum atomic E-state index is -0.562. The Labute approximate surface area is 170 Å². The molecule has 0 atom stereocenters. The molecule has 150 valence electrons. The minimum absolute atomic E-state index is 0.0166. The predicted molar refractivity (Wildman–Crippen MR) is 109 cm³/mol. The van der Waals surface area contributed by atoms with E-state index in [9.17, 15) is 19.7 Å². The molecule has 4 rings (SSSR count). The number of esters is 1. The monoisotopic (exact) mass is 404 g/mol. The highest BCUT2D eigenvalue weighted by Gasteiger charge is 2.23. The first-order valence-corrected chi connectivity index (χ1v) is 8.99. The summed E-state index contributed by atoms with van der Waals surface area (Å²) < 4.78 is 11.8. The van der Waals surface area contributed by atoms with Crippen LogP contribution in [0.3, 0.4) is 0 Å². The molecule has 2 aromatic carbocycles. The van der Waals surface area contributed by atoms with Gasteiger partial charge in [-0.15, -0.1) is 0 Å². The van der Waals surface area contributed by atoms with Crippen LogP contribution in [0.25, 0.3) is 22.2 Å². The van der Waals surface area contributed by atoms with Gasteiger partial charge in [0.05, 0.1) is 28.7 Å². The molecule has 0 saturated carbocycles. The van der Waals surface area contributed by atoms with Crippen LogP contribution in [0.1, 0.15) is 26.5 Å². The largest absolute Gasteiger partial charge is 0.465 e. The van der Waals surface area contributed by atoms with Crippen LogP contribution in [0.15, 0.2) is 65.2 Å². The number of hydrogen-bond donors (Lipinski definition) is 0. The van der Waals surface area contributed by atoms with Gasteiger partial charge in [0.2, 0.25) is 0 Å². The van der Waals surface area contributed by atoms with Crippen LogP contribution < -0.4 is 0 Å². The summed E-state index contributed by atoms with van der Waals surface area (Å²) in [5.41, 5.74) is 1.67. The summed E-state index contributed by atoms with van der Waals surface area (Å²) in [6, 6.07) is 14.6. The summed E-state index contributed by atoms with van der Waals surface area (Å²) in [4.78, 5) is 36.1. The number of methoxy groups -OCH3 is 1. The van der Waals surface area contributed by atoms with Crippen LogP contribution in [0, 0.1) is 17.0 Å². The zero-order valence-corrected chi connectivity index (χ0v) is 16.1. The lowest BCUT2D eigenvalue weighted by Crippen LogP contribution is -2.10. The number of rotatable bonds is 4. The van der Waals surface area contributed by atoms with Gasteiger partial charge in [-0.1, -0.05) is 24.3 Å². The Morgan fingerprint density at radius 1 is 1.10 bits per heavy atom. The Morgan fingerprint density at radius 2 is 1.87 bits per heavy atom. The summed E-state index contributed by atoms with van der Waals surface area (Å²) >= 11 is 0. The third-order valence-electron chi connectivity index (χ3n) is 4.77. The van der Waals surface area contributed by atoms with E-state index < -0.39 is 16.8 Å². The van der Waals surface area contributed by atoms with Crippen molar-refractivity contribution in [3.8, 4) is 11.3 Å². The number of carbonyl (C=O) groups excluding carboxylic acids is 2. The molecule has 0 spiro atoms. The van der Waals surface area contributed by atoms with E-state index in [1.165, 1.54) is 36.1 Å². The minimum Gasteiger partial charge on any atom is -0.465 e. The van der Waals surface area contributed by atoms with Gasteiger partial charge in [-0.3, -0.25) is 19.5 Å². The standard InChI is InChI=1S/C22H16N2O6/c1-13-7-8-15(18(11-13)24(27)28)19-9-10-20(30-19)21(25)23-12-16(22(26)29-2)14-5-3-4-6-17(14)23/h3-12H,1-2H3. The lowest BCUT2D eigenvalue weighted by atomic mass is 10.1. The lowest BCUT2D eigenvalue weighted by molar-refractivity contribution is -0.384. The van der Waals surface area contributed by atoms with Crippen molar-refractivity contribution >= 4 is 28.5 Å². The maximum Gasteiger partial charge on any atom is 0.340 e. The normalized spacial score (nSPS) is 10.9. The zero-order chi connectivity index (χ0) is 21.4. The van der Waals surface area contributed by atoms with Gasteiger partial charge in [0.1, 0.15) is 5.76 Å². The maximum atomic E-state index is 13.1. The van der Waals surface area contributed by atoms with Crippen LogP contribution in [-0.2, 0) is 4.74 Å². The lowest BCUT2D eigenvalue weighted by Gasteiger charge is -2.03. The van der Waals surface area contributed by atoms with E-state index in [-0.39, 0.29) is 28.3 Å². The molecule has 0 aliphatic carbocycles. The van der Waals surface area contributed by atoms with Crippen molar-refractivity contribution in [2.75, 3.05) is 7.11 Å². The predicted octanol–water partition coefficient (Wildman–Crippen LogP) is 4.59. The topological polar surface area (TPSA) is 105 Å². The number of aromatic nitrogens is 1. The first kappa shape index (κ1) is 19.1. The Balaban J connectivity index is 1.78. The highest BCUT2D eigenvalue weighted by atomic mass is 16.6. The van der Waals surface area contributed by atoms with Crippen molar-refractivity contribution < 1.29 is 23.7 Å². The highest BCUT2D eigenvalue weighted by molar-refractivity contribution is 6.09. The molecule has 0 aliphatic heterocycles. The first-order valence-electron chi connectivity index (χ1n) is 8.99. The van der Waals surface area contributed by atoms with E-state index in [1.54, 1.807) is 43.3 Å². The molecular weight excluding hydrogens is 388 g/mol. The molecule has 0 unspecified atom stereocenters. The van der Waals surface area contributed by atoms with E-state index >= 15 is 0 Å². The fraction of sp³-hybridized carbons (Fsp3) is 0.0909. The molecule has 0 radical (unpaired) electrons. The SMILES string of the molecule is COC(=O)c1cn(C(=O)c2ccc(-c3ccc(C)cc3[N+](=O)[O-])o2)c2ccccc12. The van der Waals surface area contributed by atoms with Crippen LogP contribution in [-0.4, -0.2) is 28.5 Å². The molecule has 0 saturated heterocycles. The van der Waals surface area contributed by atoms with E-state index in [1.807, 2.05) is 0 Å². The second-order valence-corrected chi connectivity index (χ2v) is 6.67. The fourth-order valence-corrected chi connectivity index (χ4v) is 3.34. The number of aryl methyl sites for hydroxylation is 1. The van der Waals surface area contributed by atoms with Crippen LogP contribution in [0.2, 0.25) is 0 Å². The van der Waals surface area contributed by atoms with Gasteiger partial charge in [-0.05, 0) is 36.8 Å². The van der Waals surface area contributed by atoms with Gasteiger partial charge in [0.25, 0.3) is 11.6 Å². The number of ether oxygens (including phenoxy) is 1. The van der Waals surface area contributed by atoms with Gasteiger partial charge >= 0.3 is 5.97 Å². The number of nitro benzene ring substituents is 1. The Morgan fingerprint density at radius 3 is 2.60 bits per heavy atom. The average Bonchev–Trinajstić information content (AvgIpc) is 3.38.